The van der Waals surface area contributed by atoms with Gasteiger partial charge >= 0.3 is 0 Å². The molecular formula is C25H30O6S2. The van der Waals surface area contributed by atoms with Crippen molar-refractivity contribution in [3.8, 4) is 5.75 Å². The van der Waals surface area contributed by atoms with E-state index >= 15 is 0 Å². The van der Waals surface area contributed by atoms with Crippen LogP contribution in [-0.4, -0.2) is 29.6 Å². The number of benzene rings is 2. The van der Waals surface area contributed by atoms with Crippen molar-refractivity contribution < 1.29 is 27.1 Å². The quantitative estimate of drug-likeness (QED) is 0.501. The Kier molecular flexibility index (Phi) is 5.97. The van der Waals surface area contributed by atoms with Gasteiger partial charge in [-0.05, 0) is 49.7 Å². The van der Waals surface area contributed by atoms with Crippen molar-refractivity contribution in [2.24, 2.45) is 16.7 Å². The maximum atomic E-state index is 11.6. The number of Topliss-reactive ketones (excluding diaryl/α,β-unsaturated/α-hetero) is 1. The Labute approximate surface area is 198 Å². The molecule has 178 valence electrons. The summed E-state index contributed by atoms with van der Waals surface area (Å²) in [7, 11) is -4.25. The van der Waals surface area contributed by atoms with Gasteiger partial charge in [-0.1, -0.05) is 44.2 Å². The predicted octanol–water partition coefficient (Wildman–Crippen LogP) is 4.54. The minimum atomic E-state index is -4.25. The fourth-order valence-corrected chi connectivity index (χ4v) is 9.05. The molecule has 0 amide bonds. The average molecular weight is 491 g/mol. The molecular weight excluding hydrogens is 460 g/mol. The van der Waals surface area contributed by atoms with Crippen LogP contribution in [0.25, 0.3) is 0 Å². The van der Waals surface area contributed by atoms with Crippen molar-refractivity contribution in [1.29, 1.82) is 0 Å². The highest BCUT2D eigenvalue weighted by Crippen LogP contribution is 2.64. The van der Waals surface area contributed by atoms with E-state index in [-0.39, 0.29) is 34.9 Å². The van der Waals surface area contributed by atoms with E-state index in [1.165, 1.54) is 10.5 Å². The molecule has 3 aliphatic rings. The molecule has 2 aliphatic carbocycles. The summed E-state index contributed by atoms with van der Waals surface area (Å²) >= 11 is -0.497. The second kappa shape index (κ2) is 8.12. The van der Waals surface area contributed by atoms with E-state index in [0.29, 0.717) is 12.2 Å². The lowest BCUT2D eigenvalue weighted by Crippen LogP contribution is -2.37. The summed E-state index contributed by atoms with van der Waals surface area (Å²) in [5, 5.41) is 9.99. The van der Waals surface area contributed by atoms with Gasteiger partial charge in [-0.15, -0.1) is 0 Å². The molecule has 1 heterocycles. The summed E-state index contributed by atoms with van der Waals surface area (Å²) in [6, 6.07) is 15.6. The zero-order valence-corrected chi connectivity index (χ0v) is 21.0. The van der Waals surface area contributed by atoms with Crippen LogP contribution in [0.3, 0.4) is 0 Å². The second-order valence-corrected chi connectivity index (χ2v) is 13.3. The topological polar surface area (TPSA) is 104 Å². The number of para-hydroxylation sites is 1. The standard InChI is InChI=1S/C15H14O2S.C10H16O4S/c1-15(2)11-7-3-5-9-13(11)18(17-15)14-10-6-4-8-12(14)16;1-9(2)7-3-4-10(9,5-8(7)11)6-15(12,13)14/h3-10H,1-2H3;7H,3-6H2,1-2H3,(H,12,13,14)/t;7-,10+/m.1/s1. The first-order valence-corrected chi connectivity index (χ1v) is 13.8. The van der Waals surface area contributed by atoms with Gasteiger partial charge in [0.2, 0.25) is 21.0 Å². The van der Waals surface area contributed by atoms with Crippen LogP contribution in [0.2, 0.25) is 0 Å². The first-order valence-electron chi connectivity index (χ1n) is 11.0. The maximum absolute atomic E-state index is 11.6. The van der Waals surface area contributed by atoms with Gasteiger partial charge in [0.1, 0.15) is 5.78 Å². The van der Waals surface area contributed by atoms with Crippen LogP contribution < -0.4 is 0 Å². The molecule has 3 atom stereocenters. The number of fused-ring (bicyclic) bond motifs is 3. The lowest BCUT2D eigenvalue weighted by molar-refractivity contribution is -0.122. The molecule has 1 unspecified atom stereocenters. The highest BCUT2D eigenvalue weighted by atomic mass is 32.2. The third-order valence-corrected chi connectivity index (χ3v) is 10.6. The van der Waals surface area contributed by atoms with Gasteiger partial charge in [0.25, 0.3) is 0 Å². The van der Waals surface area contributed by atoms with Gasteiger partial charge < -0.3 is 9.66 Å². The van der Waals surface area contributed by atoms with Crippen molar-refractivity contribution in [1.82, 2.24) is 0 Å². The fraction of sp³-hybridized carbons (Fsp3) is 0.480. The third kappa shape index (κ3) is 4.22. The molecule has 2 saturated carbocycles. The van der Waals surface area contributed by atoms with Crippen molar-refractivity contribution in [3.05, 3.63) is 54.1 Å². The Morgan fingerprint density at radius 3 is 2.21 bits per heavy atom. The van der Waals surface area contributed by atoms with Gasteiger partial charge in [0.15, 0.2) is 11.4 Å². The van der Waals surface area contributed by atoms with E-state index in [1.807, 2.05) is 44.2 Å². The van der Waals surface area contributed by atoms with Gasteiger partial charge in [-0.3, -0.25) is 4.79 Å². The number of phenolic OH excluding ortho intramolecular Hbond substituents is 1. The molecule has 2 fully saturated rings. The molecule has 2 bridgehead atoms. The first kappa shape index (κ1) is 24.3. The highest BCUT2D eigenvalue weighted by Gasteiger charge is 2.63. The minimum absolute atomic E-state index is 0.0424. The Morgan fingerprint density at radius 2 is 1.67 bits per heavy atom. The van der Waals surface area contributed by atoms with E-state index < -0.39 is 26.7 Å². The molecule has 0 saturated heterocycles. The molecule has 0 radical (unpaired) electrons. The van der Waals surface area contributed by atoms with Crippen LogP contribution >= 0.6 is 0 Å². The molecule has 6 nitrogen and oxygen atoms in total. The Balaban J connectivity index is 0.000000160. The summed E-state index contributed by atoms with van der Waals surface area (Å²) in [5.74, 6) is 0.0115. The summed E-state index contributed by atoms with van der Waals surface area (Å²) < 4.78 is 38.8. The van der Waals surface area contributed by atoms with E-state index in [0.717, 1.165) is 11.3 Å². The van der Waals surface area contributed by atoms with E-state index in [2.05, 4.69) is 26.0 Å². The molecule has 1 N–H and O–H groups in total. The zero-order chi connectivity index (χ0) is 24.2. The van der Waals surface area contributed by atoms with Gasteiger partial charge in [-0.25, -0.2) is 8.42 Å². The SMILES string of the molecule is CC1(C)O[S+](c2ccccc2O)c2ccccc21.CC1(C)[C@@H]2CC[C@@]1(CS(=O)(=O)[O-])CC2=O. The van der Waals surface area contributed by atoms with Gasteiger partial charge in [0.05, 0.1) is 10.1 Å². The first-order chi connectivity index (χ1) is 15.3. The number of phenols is 1. The molecule has 0 spiro atoms. The Hall–Kier alpha value is -1.87. The third-order valence-electron chi connectivity index (χ3n) is 7.60. The number of ketones is 1. The summed E-state index contributed by atoms with van der Waals surface area (Å²) in [6.07, 6.45) is 1.70. The number of rotatable bonds is 3. The zero-order valence-electron chi connectivity index (χ0n) is 19.3. The molecule has 2 aromatic carbocycles. The Morgan fingerprint density at radius 1 is 1.06 bits per heavy atom. The number of aromatic hydroxyl groups is 1. The summed E-state index contributed by atoms with van der Waals surface area (Å²) in [5.41, 5.74) is -0.0182. The monoisotopic (exact) mass is 490 g/mol. The summed E-state index contributed by atoms with van der Waals surface area (Å²) in [4.78, 5) is 13.7. The number of carbonyl (C=O) groups is 1. The van der Waals surface area contributed by atoms with Crippen LogP contribution in [0.5, 0.6) is 5.75 Å². The molecule has 33 heavy (non-hydrogen) atoms. The smallest absolute Gasteiger partial charge is 0.237 e. The lowest BCUT2D eigenvalue weighted by Gasteiger charge is -2.37. The molecule has 0 aromatic heterocycles. The maximum Gasteiger partial charge on any atom is 0.237 e. The number of carbonyl (C=O) groups excluding carboxylic acids is 1. The molecule has 5 rings (SSSR count). The van der Waals surface area contributed by atoms with Crippen LogP contribution in [0, 0.1) is 16.7 Å². The Bertz CT molecular complexity index is 1190. The van der Waals surface area contributed by atoms with E-state index in [1.54, 1.807) is 6.07 Å². The van der Waals surface area contributed by atoms with Crippen LogP contribution in [-0.2, 0) is 35.9 Å². The number of hydrogen-bond donors (Lipinski definition) is 1. The molecule has 2 aromatic rings. The van der Waals surface area contributed by atoms with Gasteiger partial charge in [0, 0.05) is 29.7 Å². The highest BCUT2D eigenvalue weighted by molar-refractivity contribution is 7.93. The summed E-state index contributed by atoms with van der Waals surface area (Å²) in [6.45, 7) is 7.97. The van der Waals surface area contributed by atoms with Crippen molar-refractivity contribution in [2.75, 3.05) is 5.75 Å². The second-order valence-electron chi connectivity index (χ2n) is 10.3. The van der Waals surface area contributed by atoms with E-state index in [9.17, 15) is 22.9 Å². The number of hydrogen-bond acceptors (Lipinski definition) is 6. The lowest BCUT2D eigenvalue weighted by atomic mass is 9.71. The molecule has 1 aliphatic heterocycles. The minimum Gasteiger partial charge on any atom is -0.748 e. The molecule has 8 heteroatoms. The average Bonchev–Trinajstić information content (AvgIpc) is 3.19. The predicted molar refractivity (Wildman–Crippen MR) is 126 cm³/mol. The van der Waals surface area contributed by atoms with Crippen molar-refractivity contribution >= 4 is 27.1 Å². The van der Waals surface area contributed by atoms with Crippen LogP contribution in [0.15, 0.2) is 58.3 Å². The van der Waals surface area contributed by atoms with Crippen LogP contribution in [0.4, 0.5) is 0 Å². The van der Waals surface area contributed by atoms with Crippen LogP contribution in [0.1, 0.15) is 52.5 Å². The van der Waals surface area contributed by atoms with Crippen molar-refractivity contribution in [3.63, 3.8) is 0 Å². The largest absolute Gasteiger partial charge is 0.748 e. The fourth-order valence-electron chi connectivity index (χ4n) is 5.66. The van der Waals surface area contributed by atoms with Gasteiger partial charge in [-0.2, -0.15) is 4.18 Å². The van der Waals surface area contributed by atoms with Crippen molar-refractivity contribution in [2.45, 2.75) is 62.3 Å². The normalized spacial score (nSPS) is 28.8. The van der Waals surface area contributed by atoms with E-state index in [4.69, 9.17) is 4.18 Å².